The van der Waals surface area contributed by atoms with E-state index >= 15 is 0 Å². The second kappa shape index (κ2) is 7.82. The highest BCUT2D eigenvalue weighted by molar-refractivity contribution is 5.91. The fourth-order valence-corrected chi connectivity index (χ4v) is 2.50. The minimum absolute atomic E-state index is 0.0806. The van der Waals surface area contributed by atoms with Crippen LogP contribution in [-0.2, 0) is 9.53 Å². The third-order valence-electron chi connectivity index (χ3n) is 3.52. The van der Waals surface area contributed by atoms with Gasteiger partial charge in [0, 0.05) is 6.04 Å². The Bertz CT molecular complexity index is 504. The highest BCUT2D eigenvalue weighted by atomic mass is 16.5. The van der Waals surface area contributed by atoms with Crippen LogP contribution in [0.3, 0.4) is 0 Å². The van der Waals surface area contributed by atoms with Crippen molar-refractivity contribution in [1.29, 1.82) is 0 Å². The lowest BCUT2D eigenvalue weighted by Gasteiger charge is -2.12. The fourth-order valence-electron chi connectivity index (χ4n) is 2.50. The van der Waals surface area contributed by atoms with Crippen molar-refractivity contribution in [2.24, 2.45) is 0 Å². The predicted molar refractivity (Wildman–Crippen MR) is 82.9 cm³/mol. The van der Waals surface area contributed by atoms with Gasteiger partial charge in [0.25, 0.3) is 5.91 Å². The van der Waals surface area contributed by atoms with E-state index in [2.05, 4.69) is 5.32 Å². The van der Waals surface area contributed by atoms with Crippen LogP contribution < -0.4 is 10.1 Å². The van der Waals surface area contributed by atoms with E-state index in [1.807, 2.05) is 13.8 Å². The quantitative estimate of drug-likeness (QED) is 0.821. The summed E-state index contributed by atoms with van der Waals surface area (Å²) in [4.78, 5) is 23.6. The number of hydrogen-bond acceptors (Lipinski definition) is 4. The molecular formula is C17H23NO4. The van der Waals surface area contributed by atoms with E-state index in [1.165, 1.54) is 0 Å². The standard InChI is InChI=1S/C17H23NO4/c1-12(2)22-15-9-7-13(8-10-15)17(20)21-11-16(19)18-14-5-3-4-6-14/h7-10,12,14H,3-6,11H2,1-2H3,(H,18,19). The molecule has 1 fully saturated rings. The first kappa shape index (κ1) is 16.3. The van der Waals surface area contributed by atoms with Crippen molar-refractivity contribution in [3.63, 3.8) is 0 Å². The molecule has 0 radical (unpaired) electrons. The molecule has 0 atom stereocenters. The minimum atomic E-state index is -0.502. The number of hydrogen-bond donors (Lipinski definition) is 1. The number of carbonyl (C=O) groups excluding carboxylic acids is 2. The maximum atomic E-state index is 11.9. The van der Waals surface area contributed by atoms with E-state index in [0.717, 1.165) is 25.7 Å². The van der Waals surface area contributed by atoms with E-state index in [-0.39, 0.29) is 24.7 Å². The second-order valence-electron chi connectivity index (χ2n) is 5.82. The Balaban J connectivity index is 1.77. The van der Waals surface area contributed by atoms with Gasteiger partial charge in [0.1, 0.15) is 5.75 Å². The monoisotopic (exact) mass is 305 g/mol. The van der Waals surface area contributed by atoms with Gasteiger partial charge in [-0.15, -0.1) is 0 Å². The van der Waals surface area contributed by atoms with Gasteiger partial charge in [0.2, 0.25) is 0 Å². The lowest BCUT2D eigenvalue weighted by atomic mass is 10.2. The molecule has 0 bridgehead atoms. The van der Waals surface area contributed by atoms with Crippen molar-refractivity contribution >= 4 is 11.9 Å². The van der Waals surface area contributed by atoms with Crippen LogP contribution in [-0.4, -0.2) is 30.6 Å². The normalized spacial score (nSPS) is 14.9. The van der Waals surface area contributed by atoms with Crippen molar-refractivity contribution in [2.45, 2.75) is 51.7 Å². The average molecular weight is 305 g/mol. The van der Waals surface area contributed by atoms with Crippen LogP contribution in [0.1, 0.15) is 49.9 Å². The molecule has 1 aromatic rings. The fraction of sp³-hybridized carbons (Fsp3) is 0.529. The van der Waals surface area contributed by atoms with Crippen LogP contribution in [0.5, 0.6) is 5.75 Å². The molecule has 0 aromatic heterocycles. The molecule has 1 aliphatic rings. The van der Waals surface area contributed by atoms with Crippen LogP contribution in [0.4, 0.5) is 0 Å². The molecule has 22 heavy (non-hydrogen) atoms. The predicted octanol–water partition coefficient (Wildman–Crippen LogP) is 2.69. The summed E-state index contributed by atoms with van der Waals surface area (Å²) < 4.78 is 10.5. The van der Waals surface area contributed by atoms with Gasteiger partial charge in [-0.25, -0.2) is 4.79 Å². The highest BCUT2D eigenvalue weighted by Crippen LogP contribution is 2.17. The Kier molecular flexibility index (Phi) is 5.81. The van der Waals surface area contributed by atoms with Gasteiger partial charge in [-0.3, -0.25) is 4.79 Å². The number of esters is 1. The Morgan fingerprint density at radius 3 is 2.41 bits per heavy atom. The molecule has 1 N–H and O–H groups in total. The zero-order valence-corrected chi connectivity index (χ0v) is 13.1. The van der Waals surface area contributed by atoms with E-state index in [0.29, 0.717) is 11.3 Å². The molecule has 0 spiro atoms. The molecule has 0 unspecified atom stereocenters. The van der Waals surface area contributed by atoms with Crippen molar-refractivity contribution < 1.29 is 19.1 Å². The molecule has 0 heterocycles. The van der Waals surface area contributed by atoms with Gasteiger partial charge in [-0.1, -0.05) is 12.8 Å². The summed E-state index contributed by atoms with van der Waals surface area (Å²) in [6.07, 6.45) is 4.40. The Hall–Kier alpha value is -2.04. The molecule has 0 aliphatic heterocycles. The van der Waals surface area contributed by atoms with Crippen molar-refractivity contribution in [1.82, 2.24) is 5.32 Å². The highest BCUT2D eigenvalue weighted by Gasteiger charge is 2.18. The van der Waals surface area contributed by atoms with Crippen LogP contribution in [0.15, 0.2) is 24.3 Å². The van der Waals surface area contributed by atoms with Crippen molar-refractivity contribution in [2.75, 3.05) is 6.61 Å². The summed E-state index contributed by atoms with van der Waals surface area (Å²) in [5, 5.41) is 2.88. The molecule has 1 amide bonds. The molecule has 1 aliphatic carbocycles. The summed E-state index contributed by atoms with van der Waals surface area (Å²) >= 11 is 0. The Labute approximate surface area is 131 Å². The van der Waals surface area contributed by atoms with E-state index in [1.54, 1.807) is 24.3 Å². The number of ether oxygens (including phenoxy) is 2. The number of carbonyl (C=O) groups is 2. The van der Waals surface area contributed by atoms with Gasteiger partial charge < -0.3 is 14.8 Å². The van der Waals surface area contributed by atoms with Crippen LogP contribution in [0.25, 0.3) is 0 Å². The van der Waals surface area contributed by atoms with E-state index < -0.39 is 5.97 Å². The van der Waals surface area contributed by atoms with Gasteiger partial charge in [-0.2, -0.15) is 0 Å². The smallest absolute Gasteiger partial charge is 0.338 e. The van der Waals surface area contributed by atoms with E-state index in [9.17, 15) is 9.59 Å². The summed E-state index contributed by atoms with van der Waals surface area (Å²) in [5.74, 6) is -0.0387. The molecular weight excluding hydrogens is 282 g/mol. The van der Waals surface area contributed by atoms with Gasteiger partial charge in [0.05, 0.1) is 11.7 Å². The van der Waals surface area contributed by atoms with Gasteiger partial charge >= 0.3 is 5.97 Å². The lowest BCUT2D eigenvalue weighted by molar-refractivity contribution is -0.124. The van der Waals surface area contributed by atoms with E-state index in [4.69, 9.17) is 9.47 Å². The van der Waals surface area contributed by atoms with Crippen LogP contribution in [0, 0.1) is 0 Å². The van der Waals surface area contributed by atoms with Crippen LogP contribution >= 0.6 is 0 Å². The third-order valence-corrected chi connectivity index (χ3v) is 3.52. The number of nitrogens with one attached hydrogen (secondary N) is 1. The zero-order valence-electron chi connectivity index (χ0n) is 13.1. The van der Waals surface area contributed by atoms with Crippen LogP contribution in [0.2, 0.25) is 0 Å². The first-order valence-electron chi connectivity index (χ1n) is 7.78. The number of rotatable bonds is 6. The largest absolute Gasteiger partial charge is 0.491 e. The average Bonchev–Trinajstić information content (AvgIpc) is 2.98. The molecule has 1 aromatic carbocycles. The summed E-state index contributed by atoms with van der Waals surface area (Å²) in [7, 11) is 0. The molecule has 2 rings (SSSR count). The topological polar surface area (TPSA) is 64.6 Å². The minimum Gasteiger partial charge on any atom is -0.491 e. The molecule has 5 heteroatoms. The first-order valence-corrected chi connectivity index (χ1v) is 7.78. The van der Waals surface area contributed by atoms with Crippen molar-refractivity contribution in [3.8, 4) is 5.75 Å². The Morgan fingerprint density at radius 1 is 1.18 bits per heavy atom. The lowest BCUT2D eigenvalue weighted by Crippen LogP contribution is -2.35. The van der Waals surface area contributed by atoms with Crippen molar-refractivity contribution in [3.05, 3.63) is 29.8 Å². The Morgan fingerprint density at radius 2 is 1.82 bits per heavy atom. The molecule has 120 valence electrons. The molecule has 1 saturated carbocycles. The number of benzene rings is 1. The SMILES string of the molecule is CC(C)Oc1ccc(C(=O)OCC(=O)NC2CCCC2)cc1. The third kappa shape index (κ3) is 5.06. The summed E-state index contributed by atoms with van der Waals surface area (Å²) in [6, 6.07) is 6.94. The number of amides is 1. The summed E-state index contributed by atoms with van der Waals surface area (Å²) in [5.41, 5.74) is 0.407. The second-order valence-corrected chi connectivity index (χ2v) is 5.82. The summed E-state index contributed by atoms with van der Waals surface area (Å²) in [6.45, 7) is 3.63. The maximum absolute atomic E-state index is 11.9. The zero-order chi connectivity index (χ0) is 15.9. The first-order chi connectivity index (χ1) is 10.5. The van der Waals surface area contributed by atoms with Gasteiger partial charge in [0.15, 0.2) is 6.61 Å². The molecule has 0 saturated heterocycles. The molecule has 5 nitrogen and oxygen atoms in total. The maximum Gasteiger partial charge on any atom is 0.338 e. The van der Waals surface area contributed by atoms with Gasteiger partial charge in [-0.05, 0) is 51.0 Å².